The average Bonchev–Trinajstić information content (AvgIpc) is 2.78. The van der Waals surface area contributed by atoms with Crippen LogP contribution in [0, 0.1) is 0 Å². The maximum absolute atomic E-state index is 11.5. The zero-order valence-electron chi connectivity index (χ0n) is 10.5. The van der Waals surface area contributed by atoms with Crippen molar-refractivity contribution in [3.63, 3.8) is 0 Å². The Morgan fingerprint density at radius 2 is 2.06 bits per heavy atom. The van der Waals surface area contributed by atoms with Gasteiger partial charge < -0.3 is 10.3 Å². The molecule has 0 fully saturated rings. The summed E-state index contributed by atoms with van der Waals surface area (Å²) in [6.07, 6.45) is 1.93. The fraction of sp³-hybridized carbons (Fsp3) is 0.385. The number of aryl methyl sites for hydroxylation is 1. The van der Waals surface area contributed by atoms with Crippen molar-refractivity contribution >= 4 is 20.7 Å². The van der Waals surface area contributed by atoms with Crippen LogP contribution in [0.2, 0.25) is 0 Å². The van der Waals surface area contributed by atoms with Crippen molar-refractivity contribution < 1.29 is 8.42 Å². The quantitative estimate of drug-likeness (QED) is 0.892. The molecule has 0 aliphatic rings. The molecule has 98 valence electrons. The molecular weight excluding hydrogens is 248 g/mol. The van der Waals surface area contributed by atoms with Crippen LogP contribution in [0.25, 0.3) is 10.9 Å². The number of fused-ring (bicyclic) bond motifs is 1. The van der Waals surface area contributed by atoms with Crippen LogP contribution < -0.4 is 5.73 Å². The Morgan fingerprint density at radius 1 is 1.28 bits per heavy atom. The van der Waals surface area contributed by atoms with Gasteiger partial charge >= 0.3 is 0 Å². The van der Waals surface area contributed by atoms with Gasteiger partial charge in [0.15, 0.2) is 9.84 Å². The number of hydrogen-bond acceptors (Lipinski definition) is 3. The summed E-state index contributed by atoms with van der Waals surface area (Å²) < 4.78 is 25.0. The highest BCUT2D eigenvalue weighted by atomic mass is 32.2. The van der Waals surface area contributed by atoms with E-state index < -0.39 is 9.84 Å². The minimum Gasteiger partial charge on any atom is -0.346 e. The van der Waals surface area contributed by atoms with Crippen LogP contribution in [0.15, 0.2) is 30.5 Å². The monoisotopic (exact) mass is 266 g/mol. The summed E-state index contributed by atoms with van der Waals surface area (Å²) in [5.41, 5.74) is 7.73. The second-order valence-electron chi connectivity index (χ2n) is 4.34. The second kappa shape index (κ2) is 5.12. The number of nitrogens with two attached hydrogens (primary N) is 1. The van der Waals surface area contributed by atoms with E-state index in [0.717, 1.165) is 16.5 Å². The predicted molar refractivity (Wildman–Crippen MR) is 74.2 cm³/mol. The van der Waals surface area contributed by atoms with Gasteiger partial charge in [0.2, 0.25) is 0 Å². The second-order valence-corrected chi connectivity index (χ2v) is 6.82. The number of rotatable bonds is 5. The molecule has 1 heterocycles. The normalized spacial score (nSPS) is 12.1. The van der Waals surface area contributed by atoms with Gasteiger partial charge in [0.25, 0.3) is 0 Å². The summed E-state index contributed by atoms with van der Waals surface area (Å²) in [5.74, 6) is 0.384. The van der Waals surface area contributed by atoms with E-state index in [1.807, 2.05) is 35.0 Å². The van der Waals surface area contributed by atoms with E-state index in [0.29, 0.717) is 13.1 Å². The highest BCUT2D eigenvalue weighted by molar-refractivity contribution is 7.91. The van der Waals surface area contributed by atoms with Crippen LogP contribution >= 0.6 is 0 Å². The highest BCUT2D eigenvalue weighted by Gasteiger charge is 2.08. The van der Waals surface area contributed by atoms with Crippen LogP contribution in [0.5, 0.6) is 0 Å². The Kier molecular flexibility index (Phi) is 3.73. The fourth-order valence-electron chi connectivity index (χ4n) is 1.95. The first-order valence-electron chi connectivity index (χ1n) is 6.04. The van der Waals surface area contributed by atoms with Gasteiger partial charge in [0.05, 0.1) is 5.75 Å². The first kappa shape index (κ1) is 13.1. The molecule has 5 heteroatoms. The van der Waals surface area contributed by atoms with Gasteiger partial charge in [-0.25, -0.2) is 8.42 Å². The van der Waals surface area contributed by atoms with E-state index in [4.69, 9.17) is 5.73 Å². The molecule has 0 saturated carbocycles. The maximum Gasteiger partial charge on any atom is 0.151 e. The van der Waals surface area contributed by atoms with Crippen LogP contribution in [-0.2, 0) is 22.9 Å². The summed E-state index contributed by atoms with van der Waals surface area (Å²) in [7, 11) is -2.92. The fourth-order valence-corrected chi connectivity index (χ4v) is 2.72. The Labute approximate surface area is 107 Å². The lowest BCUT2D eigenvalue weighted by molar-refractivity contribution is 0.591. The molecule has 0 radical (unpaired) electrons. The Morgan fingerprint density at radius 3 is 2.72 bits per heavy atom. The lowest BCUT2D eigenvalue weighted by Crippen LogP contribution is -2.14. The van der Waals surface area contributed by atoms with Gasteiger partial charge in [-0.2, -0.15) is 0 Å². The standard InChI is InChI=1S/C13H18N2O2S/c1-2-18(16,17)8-7-15-6-5-12-9-11(10-14)3-4-13(12)15/h3-6,9H,2,7-8,10,14H2,1H3. The molecule has 0 atom stereocenters. The Hall–Kier alpha value is -1.33. The van der Waals surface area contributed by atoms with Gasteiger partial charge in [-0.1, -0.05) is 13.0 Å². The van der Waals surface area contributed by atoms with E-state index in [-0.39, 0.29) is 11.5 Å². The minimum absolute atomic E-state index is 0.186. The van der Waals surface area contributed by atoms with E-state index in [1.54, 1.807) is 6.92 Å². The van der Waals surface area contributed by atoms with Gasteiger partial charge in [-0.15, -0.1) is 0 Å². The van der Waals surface area contributed by atoms with Crippen LogP contribution in [0.4, 0.5) is 0 Å². The summed E-state index contributed by atoms with van der Waals surface area (Å²) >= 11 is 0. The van der Waals surface area contributed by atoms with Gasteiger partial charge in [0.1, 0.15) is 0 Å². The Balaban J connectivity index is 2.25. The molecule has 0 unspecified atom stereocenters. The lowest BCUT2D eigenvalue weighted by Gasteiger charge is -2.06. The van der Waals surface area contributed by atoms with Crippen molar-refractivity contribution in [1.29, 1.82) is 0 Å². The number of benzene rings is 1. The third-order valence-electron chi connectivity index (χ3n) is 3.15. The summed E-state index contributed by atoms with van der Waals surface area (Å²) in [4.78, 5) is 0. The van der Waals surface area contributed by atoms with Crippen molar-refractivity contribution in [2.45, 2.75) is 20.0 Å². The predicted octanol–water partition coefficient (Wildman–Crippen LogP) is 1.53. The SMILES string of the molecule is CCS(=O)(=O)CCn1ccc2cc(CN)ccc21. The first-order valence-corrected chi connectivity index (χ1v) is 7.86. The number of hydrogen-bond donors (Lipinski definition) is 1. The molecule has 1 aromatic heterocycles. The van der Waals surface area contributed by atoms with Crippen molar-refractivity contribution in [3.05, 3.63) is 36.0 Å². The zero-order chi connectivity index (χ0) is 13.2. The summed E-state index contributed by atoms with van der Waals surface area (Å²) in [6, 6.07) is 8.01. The minimum atomic E-state index is -2.92. The molecule has 0 spiro atoms. The van der Waals surface area contributed by atoms with Crippen LogP contribution in [0.3, 0.4) is 0 Å². The van der Waals surface area contributed by atoms with Crippen molar-refractivity contribution in [3.8, 4) is 0 Å². The molecule has 0 aliphatic heterocycles. The molecular formula is C13H18N2O2S. The van der Waals surface area contributed by atoms with Crippen molar-refractivity contribution in [2.24, 2.45) is 5.73 Å². The molecule has 0 aliphatic carbocycles. The van der Waals surface area contributed by atoms with Crippen LogP contribution in [-0.4, -0.2) is 24.5 Å². The average molecular weight is 266 g/mol. The largest absolute Gasteiger partial charge is 0.346 e. The molecule has 2 rings (SSSR count). The molecule has 2 aromatic rings. The lowest BCUT2D eigenvalue weighted by atomic mass is 10.1. The van der Waals surface area contributed by atoms with Crippen LogP contribution in [0.1, 0.15) is 12.5 Å². The molecule has 0 saturated heterocycles. The summed E-state index contributed by atoms with van der Waals surface area (Å²) in [6.45, 7) is 2.70. The first-order chi connectivity index (χ1) is 8.55. The van der Waals surface area contributed by atoms with Gasteiger partial charge in [-0.05, 0) is 29.1 Å². The third kappa shape index (κ3) is 2.73. The molecule has 1 aromatic carbocycles. The van der Waals surface area contributed by atoms with Gasteiger partial charge in [-0.3, -0.25) is 0 Å². The molecule has 4 nitrogen and oxygen atoms in total. The van der Waals surface area contributed by atoms with Crippen molar-refractivity contribution in [2.75, 3.05) is 11.5 Å². The van der Waals surface area contributed by atoms with E-state index in [2.05, 4.69) is 0 Å². The van der Waals surface area contributed by atoms with Crippen molar-refractivity contribution in [1.82, 2.24) is 4.57 Å². The highest BCUT2D eigenvalue weighted by Crippen LogP contribution is 2.17. The maximum atomic E-state index is 11.5. The van der Waals surface area contributed by atoms with Gasteiger partial charge in [0, 0.05) is 30.6 Å². The third-order valence-corrected chi connectivity index (χ3v) is 4.84. The molecule has 0 amide bonds. The van der Waals surface area contributed by atoms with E-state index in [9.17, 15) is 8.42 Å². The van der Waals surface area contributed by atoms with E-state index >= 15 is 0 Å². The smallest absolute Gasteiger partial charge is 0.151 e. The Bertz CT molecular complexity index is 644. The number of sulfone groups is 1. The number of nitrogens with zero attached hydrogens (tertiary/aromatic N) is 1. The summed E-state index contributed by atoms with van der Waals surface area (Å²) in [5, 5.41) is 1.10. The topological polar surface area (TPSA) is 65.1 Å². The number of aromatic nitrogens is 1. The van der Waals surface area contributed by atoms with E-state index in [1.165, 1.54) is 0 Å². The molecule has 2 N–H and O–H groups in total. The molecule has 18 heavy (non-hydrogen) atoms. The molecule has 0 bridgehead atoms. The zero-order valence-corrected chi connectivity index (χ0v) is 11.3.